The summed E-state index contributed by atoms with van der Waals surface area (Å²) in [5.74, 6) is 0. The molecule has 0 radical (unpaired) electrons. The number of fused-ring (bicyclic) bond motifs is 7. The molecule has 12 aromatic rings. The first-order valence-corrected chi connectivity index (χ1v) is 21.2. The van der Waals surface area contributed by atoms with Gasteiger partial charge in [0.15, 0.2) is 0 Å². The topological polar surface area (TPSA) is 16.4 Å². The molecular weight excluding hydrogens is 751 g/mol. The summed E-state index contributed by atoms with van der Waals surface area (Å²) in [6.07, 6.45) is 0. The zero-order chi connectivity index (χ0) is 41.0. The van der Waals surface area contributed by atoms with E-state index in [4.69, 9.17) is 4.42 Å². The number of para-hydroxylation sites is 1. The predicted molar refractivity (Wildman–Crippen MR) is 263 cm³/mol. The van der Waals surface area contributed by atoms with E-state index in [1.54, 1.807) is 0 Å². The van der Waals surface area contributed by atoms with E-state index in [-0.39, 0.29) is 0 Å². The Morgan fingerprint density at radius 3 is 1.48 bits per heavy atom. The summed E-state index contributed by atoms with van der Waals surface area (Å²) in [6, 6.07) is 85.3. The summed E-state index contributed by atoms with van der Waals surface area (Å²) >= 11 is 0. The van der Waals surface area contributed by atoms with E-state index in [1.165, 1.54) is 60.1 Å². The van der Waals surface area contributed by atoms with Crippen molar-refractivity contribution >= 4 is 71.3 Å². The Labute approximate surface area is 360 Å². The van der Waals surface area contributed by atoms with Crippen LogP contribution in [0.15, 0.2) is 241 Å². The molecule has 62 heavy (non-hydrogen) atoms. The van der Waals surface area contributed by atoms with E-state index in [1.807, 2.05) is 0 Å². The van der Waals surface area contributed by atoms with Crippen molar-refractivity contribution in [2.24, 2.45) is 0 Å². The van der Waals surface area contributed by atoms with Gasteiger partial charge in [-0.15, -0.1) is 0 Å². The molecule has 0 aliphatic rings. The van der Waals surface area contributed by atoms with Crippen LogP contribution in [0.1, 0.15) is 0 Å². The molecule has 0 N–H and O–H groups in total. The van der Waals surface area contributed by atoms with Gasteiger partial charge < -0.3 is 9.32 Å². The van der Waals surface area contributed by atoms with Crippen molar-refractivity contribution < 1.29 is 4.42 Å². The van der Waals surface area contributed by atoms with E-state index in [0.29, 0.717) is 0 Å². The fourth-order valence-corrected chi connectivity index (χ4v) is 9.37. The number of benzene rings is 11. The van der Waals surface area contributed by atoms with Crippen LogP contribution < -0.4 is 4.90 Å². The van der Waals surface area contributed by atoms with Gasteiger partial charge in [0.2, 0.25) is 0 Å². The summed E-state index contributed by atoms with van der Waals surface area (Å²) in [4.78, 5) is 2.39. The van der Waals surface area contributed by atoms with E-state index in [0.717, 1.165) is 55.7 Å². The Balaban J connectivity index is 1.03. The third kappa shape index (κ3) is 6.12. The van der Waals surface area contributed by atoms with Crippen LogP contribution in [0.2, 0.25) is 0 Å². The lowest BCUT2D eigenvalue weighted by Gasteiger charge is -2.27. The second kappa shape index (κ2) is 14.8. The van der Waals surface area contributed by atoms with Gasteiger partial charge in [-0.2, -0.15) is 0 Å². The Morgan fingerprint density at radius 2 is 0.790 bits per heavy atom. The van der Waals surface area contributed by atoms with Crippen LogP contribution in [0.25, 0.3) is 98.8 Å². The number of hydrogen-bond acceptors (Lipinski definition) is 2. The van der Waals surface area contributed by atoms with Crippen molar-refractivity contribution in [3.05, 3.63) is 237 Å². The first-order valence-electron chi connectivity index (χ1n) is 21.2. The molecule has 0 spiro atoms. The molecule has 0 bridgehead atoms. The highest BCUT2D eigenvalue weighted by atomic mass is 16.3. The van der Waals surface area contributed by atoms with Crippen LogP contribution in [0, 0.1) is 0 Å². The number of furan rings is 1. The fourth-order valence-electron chi connectivity index (χ4n) is 9.37. The zero-order valence-electron chi connectivity index (χ0n) is 33.9. The minimum absolute atomic E-state index is 0.863. The Bertz CT molecular complexity index is 3600. The van der Waals surface area contributed by atoms with Crippen LogP contribution in [-0.4, -0.2) is 0 Å². The van der Waals surface area contributed by atoms with Gasteiger partial charge in [-0.1, -0.05) is 182 Å². The molecule has 11 aromatic carbocycles. The minimum atomic E-state index is 0.863. The molecule has 1 heterocycles. The molecule has 0 aliphatic carbocycles. The Kier molecular flexibility index (Phi) is 8.53. The number of rotatable bonds is 7. The maximum atomic E-state index is 6.97. The lowest BCUT2D eigenvalue weighted by Crippen LogP contribution is -2.10. The fraction of sp³-hybridized carbons (Fsp3) is 0. The first kappa shape index (κ1) is 35.7. The third-order valence-corrected chi connectivity index (χ3v) is 12.5. The summed E-state index contributed by atoms with van der Waals surface area (Å²) in [5.41, 5.74) is 14.3. The van der Waals surface area contributed by atoms with Crippen LogP contribution in [-0.2, 0) is 0 Å². The molecule has 0 unspecified atom stereocenters. The lowest BCUT2D eigenvalue weighted by atomic mass is 9.92. The van der Waals surface area contributed by atoms with Crippen LogP contribution in [0.5, 0.6) is 0 Å². The molecule has 290 valence electrons. The van der Waals surface area contributed by atoms with Gasteiger partial charge in [0.1, 0.15) is 11.2 Å². The van der Waals surface area contributed by atoms with E-state index in [9.17, 15) is 0 Å². The molecule has 1 aromatic heterocycles. The molecular formula is C60H39NO. The Hall–Kier alpha value is -8.20. The first-order chi connectivity index (χ1) is 30.7. The number of nitrogens with zero attached hydrogens (tertiary/aromatic N) is 1. The van der Waals surface area contributed by atoms with Crippen molar-refractivity contribution in [3.8, 4) is 44.5 Å². The van der Waals surface area contributed by atoms with Crippen molar-refractivity contribution in [2.45, 2.75) is 0 Å². The Morgan fingerprint density at radius 1 is 0.290 bits per heavy atom. The average Bonchev–Trinajstić information content (AvgIpc) is 3.75. The zero-order valence-corrected chi connectivity index (χ0v) is 33.9. The standard InChI is InChI=1S/C60H39NO/c1-2-12-40(13-3-1)42-22-24-43(25-23-42)44-28-32-49(33-29-44)61(50-34-30-45(31-35-50)47-27-26-41-14-4-5-15-46(41)38-47)57-37-36-54(60-59(57)55-20-10-11-21-58(55)62-60)56-39-48-16-6-7-17-51(48)52-18-8-9-19-53(52)56/h1-39H. The minimum Gasteiger partial charge on any atom is -0.455 e. The van der Waals surface area contributed by atoms with E-state index < -0.39 is 0 Å². The quantitative estimate of drug-likeness (QED) is 0.150. The monoisotopic (exact) mass is 789 g/mol. The van der Waals surface area contributed by atoms with Gasteiger partial charge in [0.25, 0.3) is 0 Å². The molecule has 2 nitrogen and oxygen atoms in total. The maximum Gasteiger partial charge on any atom is 0.145 e. The summed E-state index contributed by atoms with van der Waals surface area (Å²) in [7, 11) is 0. The summed E-state index contributed by atoms with van der Waals surface area (Å²) in [6.45, 7) is 0. The highest BCUT2D eigenvalue weighted by Crippen LogP contribution is 2.48. The number of anilines is 3. The highest BCUT2D eigenvalue weighted by molar-refractivity contribution is 6.21. The molecule has 0 fully saturated rings. The molecule has 12 rings (SSSR count). The summed E-state index contributed by atoms with van der Waals surface area (Å²) < 4.78 is 6.97. The molecule has 0 atom stereocenters. The maximum absolute atomic E-state index is 6.97. The molecule has 0 aliphatic heterocycles. The van der Waals surface area contributed by atoms with Crippen molar-refractivity contribution in [3.63, 3.8) is 0 Å². The van der Waals surface area contributed by atoms with Gasteiger partial charge in [0.05, 0.1) is 11.1 Å². The van der Waals surface area contributed by atoms with Gasteiger partial charge in [0, 0.05) is 22.3 Å². The van der Waals surface area contributed by atoms with Crippen LogP contribution >= 0.6 is 0 Å². The predicted octanol–water partition coefficient (Wildman–Crippen LogP) is 17.2. The van der Waals surface area contributed by atoms with Crippen LogP contribution in [0.3, 0.4) is 0 Å². The van der Waals surface area contributed by atoms with Crippen molar-refractivity contribution in [1.82, 2.24) is 0 Å². The van der Waals surface area contributed by atoms with E-state index >= 15 is 0 Å². The van der Waals surface area contributed by atoms with Crippen molar-refractivity contribution in [1.29, 1.82) is 0 Å². The molecule has 0 saturated carbocycles. The van der Waals surface area contributed by atoms with E-state index in [2.05, 4.69) is 241 Å². The average molecular weight is 790 g/mol. The second-order valence-corrected chi connectivity index (χ2v) is 16.1. The molecule has 0 saturated heterocycles. The molecule has 0 amide bonds. The van der Waals surface area contributed by atoms with Gasteiger partial charge in [-0.05, 0) is 126 Å². The lowest BCUT2D eigenvalue weighted by molar-refractivity contribution is 0.670. The molecule has 2 heteroatoms. The van der Waals surface area contributed by atoms with Gasteiger partial charge in [-0.25, -0.2) is 0 Å². The van der Waals surface area contributed by atoms with Gasteiger partial charge in [-0.3, -0.25) is 0 Å². The highest BCUT2D eigenvalue weighted by Gasteiger charge is 2.23. The largest absolute Gasteiger partial charge is 0.455 e. The normalized spacial score (nSPS) is 11.5. The summed E-state index contributed by atoms with van der Waals surface area (Å²) in [5, 5.41) is 9.53. The second-order valence-electron chi connectivity index (χ2n) is 16.1. The van der Waals surface area contributed by atoms with Crippen molar-refractivity contribution in [2.75, 3.05) is 4.90 Å². The van der Waals surface area contributed by atoms with Gasteiger partial charge >= 0.3 is 0 Å². The number of hydrogen-bond donors (Lipinski definition) is 0. The SMILES string of the molecule is c1ccc(-c2ccc(-c3ccc(N(c4ccc(-c5ccc6ccccc6c5)cc4)c4ccc(-c5cc6ccccc6c6ccccc56)c5oc6ccccc6c45)cc3)cc2)cc1. The smallest absolute Gasteiger partial charge is 0.145 e. The third-order valence-electron chi connectivity index (χ3n) is 12.5. The van der Waals surface area contributed by atoms with Crippen LogP contribution in [0.4, 0.5) is 17.1 Å².